The summed E-state index contributed by atoms with van der Waals surface area (Å²) in [7, 11) is 0. The molecular formula is C21H24N4O2S. The summed E-state index contributed by atoms with van der Waals surface area (Å²) < 4.78 is 1.67. The van der Waals surface area contributed by atoms with Crippen molar-refractivity contribution in [2.24, 2.45) is 0 Å². The molecule has 0 saturated carbocycles. The minimum atomic E-state index is -0.0706. The lowest BCUT2D eigenvalue weighted by atomic mass is 10.1. The number of fused-ring (bicyclic) bond motifs is 2. The smallest absolute Gasteiger partial charge is 0.261 e. The maximum Gasteiger partial charge on any atom is 0.261 e. The number of aliphatic hydroxyl groups is 1. The van der Waals surface area contributed by atoms with Crippen molar-refractivity contribution in [1.82, 2.24) is 19.4 Å². The zero-order chi connectivity index (χ0) is 19.1. The Balaban J connectivity index is 1.52. The van der Waals surface area contributed by atoms with E-state index in [1.54, 1.807) is 4.57 Å². The van der Waals surface area contributed by atoms with Crippen LogP contribution in [0.1, 0.15) is 46.7 Å². The number of aryl methyl sites for hydroxylation is 2. The summed E-state index contributed by atoms with van der Waals surface area (Å²) in [6, 6.07) is 7.57. The van der Waals surface area contributed by atoms with Crippen LogP contribution < -0.4 is 5.56 Å². The SMILES string of the molecule is O=c1c2ccccc2nc(C2CCCN2Cc2nc3c(s2)CCC3)n1CCO. The topological polar surface area (TPSA) is 71.2 Å². The highest BCUT2D eigenvalue weighted by Gasteiger charge is 2.31. The Bertz CT molecular complexity index is 1050. The monoisotopic (exact) mass is 396 g/mol. The first-order valence-corrected chi connectivity index (χ1v) is 10.9. The molecule has 1 aliphatic carbocycles. The fourth-order valence-electron chi connectivity index (χ4n) is 4.55. The van der Waals surface area contributed by atoms with Crippen molar-refractivity contribution < 1.29 is 5.11 Å². The summed E-state index contributed by atoms with van der Waals surface area (Å²) >= 11 is 1.84. The molecule has 2 aromatic heterocycles. The first-order valence-electron chi connectivity index (χ1n) is 10.1. The van der Waals surface area contributed by atoms with Crippen molar-refractivity contribution in [3.8, 4) is 0 Å². The molecule has 1 aromatic carbocycles. The van der Waals surface area contributed by atoms with Crippen molar-refractivity contribution in [3.63, 3.8) is 0 Å². The average molecular weight is 397 g/mol. The van der Waals surface area contributed by atoms with Crippen molar-refractivity contribution in [2.75, 3.05) is 13.2 Å². The zero-order valence-electron chi connectivity index (χ0n) is 15.8. The number of benzene rings is 1. The number of likely N-dealkylation sites (tertiary alicyclic amines) is 1. The molecular weight excluding hydrogens is 372 g/mol. The van der Waals surface area contributed by atoms with Gasteiger partial charge in [0.15, 0.2) is 0 Å². The van der Waals surface area contributed by atoms with E-state index in [4.69, 9.17) is 9.97 Å². The van der Waals surface area contributed by atoms with Gasteiger partial charge >= 0.3 is 0 Å². The maximum atomic E-state index is 13.0. The second-order valence-electron chi connectivity index (χ2n) is 7.63. The Hall–Kier alpha value is -2.09. The van der Waals surface area contributed by atoms with Gasteiger partial charge in [0.05, 0.1) is 42.3 Å². The second kappa shape index (κ2) is 7.39. The third kappa shape index (κ3) is 3.07. The van der Waals surface area contributed by atoms with Crippen LogP contribution in [0.4, 0.5) is 0 Å². The molecule has 0 spiro atoms. The van der Waals surface area contributed by atoms with E-state index in [0.29, 0.717) is 5.39 Å². The van der Waals surface area contributed by atoms with E-state index in [2.05, 4.69) is 4.90 Å². The van der Waals surface area contributed by atoms with Gasteiger partial charge in [0.2, 0.25) is 0 Å². The summed E-state index contributed by atoms with van der Waals surface area (Å²) in [6.07, 6.45) is 5.56. The molecule has 3 heterocycles. The Morgan fingerprint density at radius 1 is 1.18 bits per heavy atom. The predicted octanol–water partition coefficient (Wildman–Crippen LogP) is 2.67. The number of rotatable bonds is 5. The highest BCUT2D eigenvalue weighted by atomic mass is 32.1. The number of thiazole rings is 1. The molecule has 1 atom stereocenters. The van der Waals surface area contributed by atoms with Gasteiger partial charge in [-0.05, 0) is 50.8 Å². The summed E-state index contributed by atoms with van der Waals surface area (Å²) in [5.41, 5.74) is 1.96. The second-order valence-corrected chi connectivity index (χ2v) is 8.80. The molecule has 3 aromatic rings. The summed E-state index contributed by atoms with van der Waals surface area (Å²) in [6.45, 7) is 2.00. The fraction of sp³-hybridized carbons (Fsp3) is 0.476. The Labute approximate surface area is 167 Å². The van der Waals surface area contributed by atoms with Crippen molar-refractivity contribution in [1.29, 1.82) is 0 Å². The molecule has 2 aliphatic rings. The molecule has 1 saturated heterocycles. The minimum Gasteiger partial charge on any atom is -0.395 e. The van der Waals surface area contributed by atoms with E-state index in [9.17, 15) is 9.90 Å². The molecule has 0 bridgehead atoms. The van der Waals surface area contributed by atoms with Gasteiger partial charge in [0.25, 0.3) is 5.56 Å². The lowest BCUT2D eigenvalue weighted by molar-refractivity contribution is 0.223. The molecule has 1 unspecified atom stereocenters. The predicted molar refractivity (Wildman–Crippen MR) is 110 cm³/mol. The van der Waals surface area contributed by atoms with E-state index in [-0.39, 0.29) is 24.8 Å². The molecule has 1 aliphatic heterocycles. The number of hydrogen-bond acceptors (Lipinski definition) is 6. The fourth-order valence-corrected chi connectivity index (χ4v) is 5.73. The zero-order valence-corrected chi connectivity index (χ0v) is 16.6. The maximum absolute atomic E-state index is 13.0. The Morgan fingerprint density at radius 2 is 2.07 bits per heavy atom. The number of aromatic nitrogens is 3. The van der Waals surface area contributed by atoms with Gasteiger partial charge < -0.3 is 5.11 Å². The van der Waals surface area contributed by atoms with Crippen LogP contribution in [0, 0.1) is 0 Å². The van der Waals surface area contributed by atoms with Gasteiger partial charge in [-0.15, -0.1) is 11.3 Å². The van der Waals surface area contributed by atoms with Gasteiger partial charge in [0, 0.05) is 4.88 Å². The Morgan fingerprint density at radius 3 is 2.93 bits per heavy atom. The van der Waals surface area contributed by atoms with E-state index in [1.807, 2.05) is 35.6 Å². The van der Waals surface area contributed by atoms with Gasteiger partial charge in [-0.25, -0.2) is 9.97 Å². The number of aliphatic hydroxyl groups excluding tert-OH is 1. The normalized spacial score (nSPS) is 19.5. The molecule has 1 fully saturated rings. The quantitative estimate of drug-likeness (QED) is 0.718. The van der Waals surface area contributed by atoms with Crippen molar-refractivity contribution in [2.45, 2.75) is 51.2 Å². The van der Waals surface area contributed by atoms with Crippen molar-refractivity contribution in [3.05, 3.63) is 56.0 Å². The van der Waals surface area contributed by atoms with Crippen molar-refractivity contribution >= 4 is 22.2 Å². The highest BCUT2D eigenvalue weighted by Crippen LogP contribution is 2.34. The minimum absolute atomic E-state index is 0.0604. The first-order chi connectivity index (χ1) is 13.7. The van der Waals surface area contributed by atoms with Crippen LogP contribution in [0.25, 0.3) is 10.9 Å². The molecule has 7 heteroatoms. The number of nitrogens with zero attached hydrogens (tertiary/aromatic N) is 4. The average Bonchev–Trinajstić information content (AvgIpc) is 3.41. The van der Waals surface area contributed by atoms with E-state index in [0.717, 1.165) is 43.7 Å². The molecule has 5 rings (SSSR count). The molecule has 0 radical (unpaired) electrons. The van der Waals surface area contributed by atoms with Gasteiger partial charge in [-0.2, -0.15) is 0 Å². The molecule has 1 N–H and O–H groups in total. The van der Waals surface area contributed by atoms with Gasteiger partial charge in [-0.3, -0.25) is 14.3 Å². The van der Waals surface area contributed by atoms with E-state index in [1.165, 1.54) is 28.4 Å². The van der Waals surface area contributed by atoms with Crippen LogP contribution in [-0.4, -0.2) is 37.7 Å². The van der Waals surface area contributed by atoms with Crippen LogP contribution in [0.2, 0.25) is 0 Å². The van der Waals surface area contributed by atoms with E-state index >= 15 is 0 Å². The highest BCUT2D eigenvalue weighted by molar-refractivity contribution is 7.11. The molecule has 28 heavy (non-hydrogen) atoms. The lowest BCUT2D eigenvalue weighted by Gasteiger charge is -2.25. The summed E-state index contributed by atoms with van der Waals surface area (Å²) in [5.74, 6) is 0.777. The first kappa shape index (κ1) is 18.0. The molecule has 6 nitrogen and oxygen atoms in total. The standard InChI is InChI=1S/C21H24N4O2S/c26-12-11-25-20(23-15-6-2-1-5-14(15)21(25)27)17-8-4-10-24(17)13-19-22-16-7-3-9-18(16)28-19/h1-2,5-6,17,26H,3-4,7-13H2. The van der Waals surface area contributed by atoms with Crippen LogP contribution in [-0.2, 0) is 25.9 Å². The molecule has 0 amide bonds. The van der Waals surface area contributed by atoms with Crippen LogP contribution >= 0.6 is 11.3 Å². The summed E-state index contributed by atoms with van der Waals surface area (Å²) in [5, 5.41) is 11.3. The Kier molecular flexibility index (Phi) is 4.74. The number of para-hydroxylation sites is 1. The van der Waals surface area contributed by atoms with Crippen LogP contribution in [0.3, 0.4) is 0 Å². The van der Waals surface area contributed by atoms with Crippen LogP contribution in [0.15, 0.2) is 29.1 Å². The van der Waals surface area contributed by atoms with Gasteiger partial charge in [0.1, 0.15) is 10.8 Å². The summed E-state index contributed by atoms with van der Waals surface area (Å²) in [4.78, 5) is 26.6. The van der Waals surface area contributed by atoms with Crippen LogP contribution in [0.5, 0.6) is 0 Å². The third-order valence-corrected chi connectivity index (χ3v) is 7.00. The van der Waals surface area contributed by atoms with Gasteiger partial charge in [-0.1, -0.05) is 12.1 Å². The third-order valence-electron chi connectivity index (χ3n) is 5.85. The number of hydrogen-bond donors (Lipinski definition) is 1. The molecule has 146 valence electrons. The largest absolute Gasteiger partial charge is 0.395 e. The van der Waals surface area contributed by atoms with E-state index < -0.39 is 0 Å². The lowest BCUT2D eigenvalue weighted by Crippen LogP contribution is -2.32.